The summed E-state index contributed by atoms with van der Waals surface area (Å²) in [4.78, 5) is 4.00. The zero-order chi connectivity index (χ0) is 10.7. The van der Waals surface area contributed by atoms with Crippen molar-refractivity contribution in [1.82, 2.24) is 4.98 Å². The van der Waals surface area contributed by atoms with Crippen LogP contribution in [0.3, 0.4) is 0 Å². The van der Waals surface area contributed by atoms with Gasteiger partial charge in [-0.3, -0.25) is 4.98 Å². The molecule has 2 rings (SSSR count). The lowest BCUT2D eigenvalue weighted by atomic mass is 10.0. The van der Waals surface area contributed by atoms with Crippen LogP contribution in [-0.4, -0.2) is 4.98 Å². The minimum Gasteiger partial charge on any atom is -0.399 e. The Hall–Kier alpha value is -1.83. The molecule has 0 radical (unpaired) electrons. The Bertz CT molecular complexity index is 449. The molecular weight excluding hydrogens is 184 g/mol. The third-order valence-electron chi connectivity index (χ3n) is 2.49. The topological polar surface area (TPSA) is 38.9 Å². The Kier molecular flexibility index (Phi) is 2.68. The molecule has 0 aliphatic rings. The third kappa shape index (κ3) is 2.34. The molecule has 0 spiro atoms. The van der Waals surface area contributed by atoms with Gasteiger partial charge in [-0.2, -0.15) is 0 Å². The number of nitrogens with two attached hydrogens (primary N) is 1. The summed E-state index contributed by atoms with van der Waals surface area (Å²) in [5.41, 5.74) is 10.3. The Balaban J connectivity index is 2.22. The second-order valence-electron chi connectivity index (χ2n) is 3.72. The number of rotatable bonds is 2. The maximum absolute atomic E-state index is 5.77. The highest BCUT2D eigenvalue weighted by Crippen LogP contribution is 2.15. The minimum absolute atomic E-state index is 0.855. The van der Waals surface area contributed by atoms with Crippen molar-refractivity contribution in [3.8, 4) is 0 Å². The normalized spacial score (nSPS) is 10.2. The Morgan fingerprint density at radius 1 is 1.07 bits per heavy atom. The number of benzene rings is 1. The van der Waals surface area contributed by atoms with Crippen LogP contribution in [0.25, 0.3) is 0 Å². The molecule has 2 aromatic rings. The molecule has 76 valence electrons. The molecule has 0 saturated heterocycles. The lowest BCUT2D eigenvalue weighted by molar-refractivity contribution is 1.16. The van der Waals surface area contributed by atoms with Crippen LogP contribution in [0.4, 0.5) is 5.69 Å². The lowest BCUT2D eigenvalue weighted by Gasteiger charge is -2.05. The van der Waals surface area contributed by atoms with E-state index < -0.39 is 0 Å². The molecule has 0 unspecified atom stereocenters. The summed E-state index contributed by atoms with van der Waals surface area (Å²) in [5.74, 6) is 0. The van der Waals surface area contributed by atoms with E-state index in [-0.39, 0.29) is 0 Å². The van der Waals surface area contributed by atoms with E-state index >= 15 is 0 Å². The molecule has 0 amide bonds. The van der Waals surface area contributed by atoms with E-state index in [1.807, 2.05) is 37.5 Å². The zero-order valence-electron chi connectivity index (χ0n) is 8.77. The first-order valence-corrected chi connectivity index (χ1v) is 4.99. The molecule has 15 heavy (non-hydrogen) atoms. The van der Waals surface area contributed by atoms with Crippen LogP contribution in [0.1, 0.15) is 16.7 Å². The summed E-state index contributed by atoms with van der Waals surface area (Å²) >= 11 is 0. The number of pyridine rings is 1. The number of aryl methyl sites for hydroxylation is 1. The van der Waals surface area contributed by atoms with Crippen molar-refractivity contribution in [3.05, 3.63) is 59.4 Å². The van der Waals surface area contributed by atoms with Crippen molar-refractivity contribution in [2.75, 3.05) is 5.73 Å². The fourth-order valence-corrected chi connectivity index (χ4v) is 1.58. The van der Waals surface area contributed by atoms with E-state index in [4.69, 9.17) is 5.73 Å². The van der Waals surface area contributed by atoms with Crippen LogP contribution < -0.4 is 5.73 Å². The summed E-state index contributed by atoms with van der Waals surface area (Å²) in [6.45, 7) is 2.03. The maximum Gasteiger partial charge on any atom is 0.0343 e. The van der Waals surface area contributed by atoms with Crippen molar-refractivity contribution in [2.45, 2.75) is 13.3 Å². The average molecular weight is 198 g/mol. The Labute approximate surface area is 89.8 Å². The summed E-state index contributed by atoms with van der Waals surface area (Å²) in [6.07, 6.45) is 4.57. The molecule has 0 atom stereocenters. The van der Waals surface area contributed by atoms with Gasteiger partial charge in [0.2, 0.25) is 0 Å². The number of hydrogen-bond donors (Lipinski definition) is 1. The quantitative estimate of drug-likeness (QED) is 0.753. The van der Waals surface area contributed by atoms with Gasteiger partial charge in [-0.05, 0) is 48.2 Å². The van der Waals surface area contributed by atoms with Crippen LogP contribution in [0.2, 0.25) is 0 Å². The van der Waals surface area contributed by atoms with Gasteiger partial charge in [0, 0.05) is 18.1 Å². The van der Waals surface area contributed by atoms with Crippen molar-refractivity contribution < 1.29 is 0 Å². The number of aromatic nitrogens is 1. The lowest BCUT2D eigenvalue weighted by Crippen LogP contribution is -1.93. The zero-order valence-corrected chi connectivity index (χ0v) is 8.77. The number of nitrogens with zero attached hydrogens (tertiary/aromatic N) is 1. The second kappa shape index (κ2) is 4.13. The first-order chi connectivity index (χ1) is 7.25. The van der Waals surface area contributed by atoms with Gasteiger partial charge in [-0.1, -0.05) is 12.1 Å². The standard InChI is InChI=1S/C13H14N2/c1-10-8-12(2-3-13(10)14)9-11-4-6-15-7-5-11/h2-8H,9,14H2,1H3. The first kappa shape index (κ1) is 9.71. The molecule has 0 aliphatic heterocycles. The van der Waals surface area contributed by atoms with Gasteiger partial charge in [-0.15, -0.1) is 0 Å². The molecular formula is C13H14N2. The van der Waals surface area contributed by atoms with Gasteiger partial charge < -0.3 is 5.73 Å². The smallest absolute Gasteiger partial charge is 0.0343 e. The predicted octanol–water partition coefficient (Wildman–Crippen LogP) is 2.56. The van der Waals surface area contributed by atoms with E-state index in [0.29, 0.717) is 0 Å². The van der Waals surface area contributed by atoms with Crippen LogP contribution in [-0.2, 0) is 6.42 Å². The van der Waals surface area contributed by atoms with E-state index in [2.05, 4.69) is 17.1 Å². The molecule has 1 heterocycles. The molecule has 0 bridgehead atoms. The number of hydrogen-bond acceptors (Lipinski definition) is 2. The van der Waals surface area contributed by atoms with Crippen molar-refractivity contribution in [1.29, 1.82) is 0 Å². The summed E-state index contributed by atoms with van der Waals surface area (Å²) in [5, 5.41) is 0. The Morgan fingerprint density at radius 3 is 2.47 bits per heavy atom. The van der Waals surface area contributed by atoms with Crippen LogP contribution in [0.5, 0.6) is 0 Å². The summed E-state index contributed by atoms with van der Waals surface area (Å²) in [7, 11) is 0. The first-order valence-electron chi connectivity index (χ1n) is 4.99. The molecule has 0 saturated carbocycles. The van der Waals surface area contributed by atoms with Crippen LogP contribution >= 0.6 is 0 Å². The largest absolute Gasteiger partial charge is 0.399 e. The summed E-state index contributed by atoms with van der Waals surface area (Å²) in [6, 6.07) is 10.2. The van der Waals surface area contributed by atoms with Crippen molar-refractivity contribution in [3.63, 3.8) is 0 Å². The molecule has 1 aromatic heterocycles. The van der Waals surface area contributed by atoms with Crippen LogP contribution in [0, 0.1) is 6.92 Å². The van der Waals surface area contributed by atoms with E-state index in [1.165, 1.54) is 11.1 Å². The SMILES string of the molecule is Cc1cc(Cc2ccncc2)ccc1N. The van der Waals surface area contributed by atoms with Gasteiger partial charge in [0.25, 0.3) is 0 Å². The third-order valence-corrected chi connectivity index (χ3v) is 2.49. The minimum atomic E-state index is 0.855. The molecule has 2 heteroatoms. The Morgan fingerprint density at radius 2 is 1.80 bits per heavy atom. The van der Waals surface area contributed by atoms with Crippen molar-refractivity contribution in [2.24, 2.45) is 0 Å². The fraction of sp³-hybridized carbons (Fsp3) is 0.154. The van der Waals surface area contributed by atoms with Gasteiger partial charge >= 0.3 is 0 Å². The molecule has 2 nitrogen and oxygen atoms in total. The highest BCUT2D eigenvalue weighted by Gasteiger charge is 1.98. The average Bonchev–Trinajstić information content (AvgIpc) is 2.25. The number of nitrogen functional groups attached to an aromatic ring is 1. The number of anilines is 1. The molecule has 1 aromatic carbocycles. The molecule has 0 aliphatic carbocycles. The van der Waals surface area contributed by atoms with Gasteiger partial charge in [0.05, 0.1) is 0 Å². The van der Waals surface area contributed by atoms with Crippen LogP contribution in [0.15, 0.2) is 42.7 Å². The van der Waals surface area contributed by atoms with Gasteiger partial charge in [-0.25, -0.2) is 0 Å². The predicted molar refractivity (Wildman–Crippen MR) is 62.6 cm³/mol. The molecule has 0 fully saturated rings. The highest BCUT2D eigenvalue weighted by atomic mass is 14.6. The van der Waals surface area contributed by atoms with Gasteiger partial charge in [0.1, 0.15) is 0 Å². The monoisotopic (exact) mass is 198 g/mol. The highest BCUT2D eigenvalue weighted by molar-refractivity contribution is 5.48. The maximum atomic E-state index is 5.77. The second-order valence-corrected chi connectivity index (χ2v) is 3.72. The van der Waals surface area contributed by atoms with E-state index in [9.17, 15) is 0 Å². The fourth-order valence-electron chi connectivity index (χ4n) is 1.58. The van der Waals surface area contributed by atoms with Crippen molar-refractivity contribution >= 4 is 5.69 Å². The van der Waals surface area contributed by atoms with Gasteiger partial charge in [0.15, 0.2) is 0 Å². The summed E-state index contributed by atoms with van der Waals surface area (Å²) < 4.78 is 0. The van der Waals surface area contributed by atoms with E-state index in [1.54, 1.807) is 0 Å². The molecule has 2 N–H and O–H groups in total. The van der Waals surface area contributed by atoms with E-state index in [0.717, 1.165) is 17.7 Å².